The first-order valence-electron chi connectivity index (χ1n) is 11.3. The zero-order chi connectivity index (χ0) is 23.7. The summed E-state index contributed by atoms with van der Waals surface area (Å²) in [6, 6.07) is 24.1. The number of rotatable bonds is 5. The highest BCUT2D eigenvalue weighted by Gasteiger charge is 2.31. The average Bonchev–Trinajstić information content (AvgIpc) is 3.33. The van der Waals surface area contributed by atoms with Crippen LogP contribution in [0, 0.1) is 20.8 Å². The Morgan fingerprint density at radius 1 is 0.941 bits per heavy atom. The molecule has 3 aromatic carbocycles. The van der Waals surface area contributed by atoms with E-state index in [-0.39, 0.29) is 18.5 Å². The standard InChI is InChI=1S/C27H26N6O/c1-18-9-12-22(13-10-18)25-16-24(21-7-5-4-6-8-21)32(27-29-30-31-33(25)27)17-26(34)28-23-14-11-19(2)20(3)15-23/h4-16,25H,17H2,1-3H3,(H,28,34)/t25-/m0/s1. The van der Waals surface area contributed by atoms with Crippen molar-refractivity contribution in [1.29, 1.82) is 0 Å². The molecule has 1 atom stereocenters. The third-order valence-electron chi connectivity index (χ3n) is 6.17. The number of nitrogens with one attached hydrogen (secondary N) is 1. The van der Waals surface area contributed by atoms with Gasteiger partial charge in [-0.25, -0.2) is 0 Å². The summed E-state index contributed by atoms with van der Waals surface area (Å²) in [7, 11) is 0. The summed E-state index contributed by atoms with van der Waals surface area (Å²) < 4.78 is 1.76. The van der Waals surface area contributed by atoms with E-state index in [0.29, 0.717) is 5.95 Å². The zero-order valence-electron chi connectivity index (χ0n) is 19.4. The first kappa shape index (κ1) is 21.6. The fraction of sp³-hybridized carbons (Fsp3) is 0.185. The molecule has 0 saturated carbocycles. The normalized spacial score (nSPS) is 15.0. The van der Waals surface area contributed by atoms with Gasteiger partial charge >= 0.3 is 0 Å². The fourth-order valence-corrected chi connectivity index (χ4v) is 4.15. The van der Waals surface area contributed by atoms with Gasteiger partial charge in [0.2, 0.25) is 5.91 Å². The molecule has 0 fully saturated rings. The molecule has 0 aliphatic carbocycles. The lowest BCUT2D eigenvalue weighted by atomic mass is 10.00. The lowest BCUT2D eigenvalue weighted by Crippen LogP contribution is -2.37. The summed E-state index contributed by atoms with van der Waals surface area (Å²) in [5.74, 6) is 0.385. The average molecular weight is 451 g/mol. The molecule has 1 aliphatic heterocycles. The maximum Gasteiger partial charge on any atom is 0.251 e. The van der Waals surface area contributed by atoms with E-state index in [2.05, 4.69) is 65.0 Å². The van der Waals surface area contributed by atoms with Crippen LogP contribution in [-0.2, 0) is 4.79 Å². The number of carbonyl (C=O) groups is 1. The van der Waals surface area contributed by atoms with Crippen molar-refractivity contribution < 1.29 is 4.79 Å². The molecule has 1 amide bonds. The number of aryl methyl sites for hydroxylation is 3. The van der Waals surface area contributed by atoms with Gasteiger partial charge in [0, 0.05) is 5.69 Å². The summed E-state index contributed by atoms with van der Waals surface area (Å²) in [6.45, 7) is 6.23. The van der Waals surface area contributed by atoms with Gasteiger partial charge in [-0.05, 0) is 71.7 Å². The zero-order valence-corrected chi connectivity index (χ0v) is 19.4. The van der Waals surface area contributed by atoms with Crippen LogP contribution in [0.4, 0.5) is 11.6 Å². The molecule has 0 unspecified atom stereocenters. The van der Waals surface area contributed by atoms with Crippen LogP contribution in [0.5, 0.6) is 0 Å². The predicted molar refractivity (Wildman–Crippen MR) is 133 cm³/mol. The maximum absolute atomic E-state index is 13.1. The van der Waals surface area contributed by atoms with E-state index in [9.17, 15) is 4.79 Å². The quantitative estimate of drug-likeness (QED) is 0.478. The summed E-state index contributed by atoms with van der Waals surface area (Å²) in [5.41, 5.74) is 7.24. The molecule has 170 valence electrons. The highest BCUT2D eigenvalue weighted by atomic mass is 16.2. The van der Waals surface area contributed by atoms with Gasteiger partial charge < -0.3 is 5.32 Å². The molecular formula is C27H26N6O. The van der Waals surface area contributed by atoms with Gasteiger partial charge in [-0.1, -0.05) is 71.3 Å². The SMILES string of the molecule is Cc1ccc([C@@H]2C=C(c3ccccc3)N(CC(=O)Nc3ccc(C)c(C)c3)c3nnnn32)cc1. The topological polar surface area (TPSA) is 75.9 Å². The summed E-state index contributed by atoms with van der Waals surface area (Å²) >= 11 is 0. The minimum absolute atomic E-state index is 0.0780. The number of tetrazole rings is 1. The van der Waals surface area contributed by atoms with Crippen LogP contribution in [0.1, 0.15) is 33.9 Å². The molecule has 1 aromatic heterocycles. The molecule has 4 aromatic rings. The number of hydrogen-bond acceptors (Lipinski definition) is 5. The Bertz CT molecular complexity index is 1360. The summed E-state index contributed by atoms with van der Waals surface area (Å²) in [5, 5.41) is 15.5. The van der Waals surface area contributed by atoms with Gasteiger partial charge in [-0.2, -0.15) is 4.68 Å². The molecule has 2 heterocycles. The smallest absolute Gasteiger partial charge is 0.251 e. The number of nitrogens with zero attached hydrogens (tertiary/aromatic N) is 5. The van der Waals surface area contributed by atoms with Crippen LogP contribution in [0.15, 0.2) is 78.9 Å². The van der Waals surface area contributed by atoms with Crippen molar-refractivity contribution in [3.8, 4) is 0 Å². The van der Waals surface area contributed by atoms with Gasteiger partial charge in [0.1, 0.15) is 12.6 Å². The van der Waals surface area contributed by atoms with Gasteiger partial charge in [0.05, 0.1) is 5.70 Å². The minimum atomic E-state index is -0.181. The Kier molecular flexibility index (Phi) is 5.67. The Morgan fingerprint density at radius 2 is 1.71 bits per heavy atom. The van der Waals surface area contributed by atoms with Crippen LogP contribution in [0.3, 0.4) is 0 Å². The Hall–Kier alpha value is -4.26. The number of allylic oxidation sites excluding steroid dienone is 1. The van der Waals surface area contributed by atoms with Gasteiger partial charge in [-0.3, -0.25) is 9.69 Å². The van der Waals surface area contributed by atoms with E-state index in [4.69, 9.17) is 0 Å². The Labute approximate surface area is 198 Å². The third-order valence-corrected chi connectivity index (χ3v) is 6.17. The van der Waals surface area contributed by atoms with Crippen molar-refractivity contribution >= 4 is 23.2 Å². The van der Waals surface area contributed by atoms with Crippen molar-refractivity contribution in [3.05, 3.63) is 107 Å². The van der Waals surface area contributed by atoms with Crippen molar-refractivity contribution in [2.45, 2.75) is 26.8 Å². The summed E-state index contributed by atoms with van der Waals surface area (Å²) in [6.07, 6.45) is 2.12. The molecular weight excluding hydrogens is 424 g/mol. The van der Waals surface area contributed by atoms with E-state index in [1.54, 1.807) is 4.68 Å². The molecule has 0 bridgehead atoms. The minimum Gasteiger partial charge on any atom is -0.325 e. The molecule has 0 radical (unpaired) electrons. The Morgan fingerprint density at radius 3 is 2.44 bits per heavy atom. The summed E-state index contributed by atoms with van der Waals surface area (Å²) in [4.78, 5) is 15.0. The van der Waals surface area contributed by atoms with Crippen molar-refractivity contribution in [2.75, 3.05) is 16.8 Å². The number of carbonyl (C=O) groups excluding carboxylic acids is 1. The van der Waals surface area contributed by atoms with Crippen LogP contribution >= 0.6 is 0 Å². The highest BCUT2D eigenvalue weighted by molar-refractivity contribution is 5.97. The number of anilines is 2. The molecule has 5 rings (SSSR count). The number of fused-ring (bicyclic) bond motifs is 1. The lowest BCUT2D eigenvalue weighted by molar-refractivity contribution is -0.114. The van der Waals surface area contributed by atoms with Crippen molar-refractivity contribution in [1.82, 2.24) is 20.2 Å². The number of benzene rings is 3. The molecule has 1 aliphatic rings. The van der Waals surface area contributed by atoms with Crippen LogP contribution in [0.25, 0.3) is 5.70 Å². The van der Waals surface area contributed by atoms with Crippen LogP contribution in [0.2, 0.25) is 0 Å². The molecule has 0 saturated heterocycles. The monoisotopic (exact) mass is 450 g/mol. The molecule has 34 heavy (non-hydrogen) atoms. The highest BCUT2D eigenvalue weighted by Crippen LogP contribution is 2.36. The van der Waals surface area contributed by atoms with Crippen molar-refractivity contribution in [3.63, 3.8) is 0 Å². The second-order valence-corrected chi connectivity index (χ2v) is 8.63. The maximum atomic E-state index is 13.1. The molecule has 0 spiro atoms. The van der Waals surface area contributed by atoms with Crippen LogP contribution in [-0.4, -0.2) is 32.7 Å². The van der Waals surface area contributed by atoms with Gasteiger partial charge in [-0.15, -0.1) is 0 Å². The van der Waals surface area contributed by atoms with E-state index in [1.807, 2.05) is 60.4 Å². The largest absolute Gasteiger partial charge is 0.325 e. The molecule has 7 heteroatoms. The first-order valence-corrected chi connectivity index (χ1v) is 11.3. The van der Waals surface area contributed by atoms with E-state index in [0.717, 1.165) is 28.1 Å². The van der Waals surface area contributed by atoms with Crippen molar-refractivity contribution in [2.24, 2.45) is 0 Å². The van der Waals surface area contributed by atoms with E-state index >= 15 is 0 Å². The van der Waals surface area contributed by atoms with E-state index in [1.165, 1.54) is 11.1 Å². The second-order valence-electron chi connectivity index (χ2n) is 8.63. The first-order chi connectivity index (χ1) is 16.5. The number of hydrogen-bond donors (Lipinski definition) is 1. The number of aromatic nitrogens is 4. The lowest BCUT2D eigenvalue weighted by Gasteiger charge is -2.32. The van der Waals surface area contributed by atoms with Crippen LogP contribution < -0.4 is 10.2 Å². The van der Waals surface area contributed by atoms with Gasteiger partial charge in [0.15, 0.2) is 0 Å². The molecule has 1 N–H and O–H groups in total. The Balaban J connectivity index is 1.51. The fourth-order valence-electron chi connectivity index (χ4n) is 4.15. The van der Waals surface area contributed by atoms with E-state index < -0.39 is 0 Å². The third kappa shape index (κ3) is 4.20. The predicted octanol–water partition coefficient (Wildman–Crippen LogP) is 4.69. The van der Waals surface area contributed by atoms with Gasteiger partial charge in [0.25, 0.3) is 5.95 Å². The molecule has 7 nitrogen and oxygen atoms in total. The number of amides is 1. The second kappa shape index (κ2) is 8.94.